The van der Waals surface area contributed by atoms with Crippen LogP contribution < -0.4 is 10.6 Å². The molecule has 2 aromatic heterocycles. The molecule has 2 heterocycles. The van der Waals surface area contributed by atoms with Crippen LogP contribution in [0.25, 0.3) is 11.0 Å². The fourth-order valence-corrected chi connectivity index (χ4v) is 2.26. The van der Waals surface area contributed by atoms with Gasteiger partial charge in [-0.25, -0.2) is 0 Å². The Morgan fingerprint density at radius 1 is 1.19 bits per heavy atom. The minimum atomic E-state index is -0.126. The molecular weight excluding hydrogens is 268 g/mol. The monoisotopic (exact) mass is 292 g/mol. The molecule has 21 heavy (non-hydrogen) atoms. The SMILES string of the molecule is CCNc1nc(NCC(CC)(CC)CO)c2cn[nH]c2n1. The fourth-order valence-electron chi connectivity index (χ4n) is 2.26. The highest BCUT2D eigenvalue weighted by atomic mass is 16.3. The average Bonchev–Trinajstić information content (AvgIpc) is 2.98. The molecule has 0 fully saturated rings. The third-order valence-corrected chi connectivity index (χ3v) is 4.11. The Kier molecular flexibility index (Phi) is 4.95. The third-order valence-electron chi connectivity index (χ3n) is 4.11. The van der Waals surface area contributed by atoms with E-state index in [0.29, 0.717) is 18.1 Å². The zero-order chi connectivity index (χ0) is 15.3. The number of anilines is 2. The number of hydrogen-bond acceptors (Lipinski definition) is 6. The van der Waals surface area contributed by atoms with E-state index in [-0.39, 0.29) is 12.0 Å². The van der Waals surface area contributed by atoms with Crippen LogP contribution in [0.15, 0.2) is 6.20 Å². The van der Waals surface area contributed by atoms with E-state index in [0.717, 1.165) is 30.6 Å². The van der Waals surface area contributed by atoms with Crippen LogP contribution >= 0.6 is 0 Å². The summed E-state index contributed by atoms with van der Waals surface area (Å²) in [4.78, 5) is 8.85. The Balaban J connectivity index is 2.26. The number of aromatic amines is 1. The van der Waals surface area contributed by atoms with E-state index < -0.39 is 0 Å². The maximum atomic E-state index is 9.66. The molecule has 0 radical (unpaired) electrons. The van der Waals surface area contributed by atoms with Gasteiger partial charge in [0.25, 0.3) is 0 Å². The van der Waals surface area contributed by atoms with Gasteiger partial charge in [-0.2, -0.15) is 15.1 Å². The molecule has 0 spiro atoms. The summed E-state index contributed by atoms with van der Waals surface area (Å²) in [5, 5.41) is 23.9. The van der Waals surface area contributed by atoms with E-state index >= 15 is 0 Å². The molecule has 7 heteroatoms. The second kappa shape index (κ2) is 6.71. The lowest BCUT2D eigenvalue weighted by molar-refractivity contribution is 0.127. The van der Waals surface area contributed by atoms with Crippen molar-refractivity contribution in [1.29, 1.82) is 0 Å². The highest BCUT2D eigenvalue weighted by molar-refractivity contribution is 5.86. The molecule has 0 bridgehead atoms. The summed E-state index contributed by atoms with van der Waals surface area (Å²) in [5.41, 5.74) is 0.574. The number of aromatic nitrogens is 4. The predicted octanol–water partition coefficient (Wildman–Crippen LogP) is 2.00. The van der Waals surface area contributed by atoms with Gasteiger partial charge in [0.05, 0.1) is 18.2 Å². The van der Waals surface area contributed by atoms with Crippen molar-refractivity contribution in [3.8, 4) is 0 Å². The highest BCUT2D eigenvalue weighted by Crippen LogP contribution is 2.27. The second-order valence-corrected chi connectivity index (χ2v) is 5.28. The molecule has 0 atom stereocenters. The summed E-state index contributed by atoms with van der Waals surface area (Å²) in [6.07, 6.45) is 3.53. The molecule has 4 N–H and O–H groups in total. The normalized spacial score (nSPS) is 11.8. The van der Waals surface area contributed by atoms with Crippen molar-refractivity contribution in [3.05, 3.63) is 6.20 Å². The first-order chi connectivity index (χ1) is 10.2. The lowest BCUT2D eigenvalue weighted by Crippen LogP contribution is -2.32. The molecule has 0 aromatic carbocycles. The van der Waals surface area contributed by atoms with Gasteiger partial charge < -0.3 is 15.7 Å². The van der Waals surface area contributed by atoms with Crippen LogP contribution in [0, 0.1) is 5.41 Å². The average molecular weight is 292 g/mol. The number of hydrogen-bond donors (Lipinski definition) is 4. The fraction of sp³-hybridized carbons (Fsp3) is 0.643. The number of aliphatic hydroxyl groups is 1. The predicted molar refractivity (Wildman–Crippen MR) is 84.4 cm³/mol. The molecule has 2 rings (SSSR count). The molecule has 0 saturated carbocycles. The first-order valence-electron chi connectivity index (χ1n) is 7.47. The van der Waals surface area contributed by atoms with Crippen molar-refractivity contribution in [2.24, 2.45) is 5.41 Å². The van der Waals surface area contributed by atoms with Crippen molar-refractivity contribution in [3.63, 3.8) is 0 Å². The largest absolute Gasteiger partial charge is 0.396 e. The summed E-state index contributed by atoms with van der Waals surface area (Å²) >= 11 is 0. The molecule has 0 unspecified atom stereocenters. The number of rotatable bonds is 8. The van der Waals surface area contributed by atoms with Crippen molar-refractivity contribution < 1.29 is 5.11 Å². The number of aliphatic hydroxyl groups excluding tert-OH is 1. The van der Waals surface area contributed by atoms with Crippen LogP contribution in [-0.4, -0.2) is 45.0 Å². The van der Waals surface area contributed by atoms with E-state index in [1.165, 1.54) is 0 Å². The highest BCUT2D eigenvalue weighted by Gasteiger charge is 2.25. The molecule has 0 aliphatic carbocycles. The first kappa shape index (κ1) is 15.5. The summed E-state index contributed by atoms with van der Waals surface area (Å²) in [6, 6.07) is 0. The first-order valence-corrected chi connectivity index (χ1v) is 7.47. The number of H-pyrrole nitrogens is 1. The molecule has 0 saturated heterocycles. The Bertz CT molecular complexity index is 570. The van der Waals surface area contributed by atoms with Gasteiger partial charge in [0.15, 0.2) is 5.65 Å². The van der Waals surface area contributed by atoms with E-state index in [1.807, 2.05) is 6.92 Å². The van der Waals surface area contributed by atoms with Crippen molar-refractivity contribution in [1.82, 2.24) is 20.2 Å². The molecule has 116 valence electrons. The van der Waals surface area contributed by atoms with E-state index in [1.54, 1.807) is 6.20 Å². The minimum absolute atomic E-state index is 0.126. The smallest absolute Gasteiger partial charge is 0.226 e. The van der Waals surface area contributed by atoms with Crippen LogP contribution in [0.4, 0.5) is 11.8 Å². The van der Waals surface area contributed by atoms with Gasteiger partial charge in [0.1, 0.15) is 5.82 Å². The Hall–Kier alpha value is -1.89. The zero-order valence-corrected chi connectivity index (χ0v) is 12.9. The van der Waals surface area contributed by atoms with Gasteiger partial charge in [-0.15, -0.1) is 0 Å². The molecule has 0 amide bonds. The number of fused-ring (bicyclic) bond motifs is 1. The molecular formula is C14H24N6O. The maximum Gasteiger partial charge on any atom is 0.226 e. The van der Waals surface area contributed by atoms with Gasteiger partial charge in [0, 0.05) is 18.5 Å². The van der Waals surface area contributed by atoms with Gasteiger partial charge in [-0.3, -0.25) is 5.10 Å². The minimum Gasteiger partial charge on any atom is -0.396 e. The summed E-state index contributed by atoms with van der Waals surface area (Å²) in [6.45, 7) is 7.77. The maximum absolute atomic E-state index is 9.66. The molecule has 0 aliphatic heterocycles. The summed E-state index contributed by atoms with van der Waals surface area (Å²) in [5.74, 6) is 1.31. The van der Waals surface area contributed by atoms with Gasteiger partial charge in [-0.1, -0.05) is 13.8 Å². The van der Waals surface area contributed by atoms with Gasteiger partial charge >= 0.3 is 0 Å². The lowest BCUT2D eigenvalue weighted by atomic mass is 9.83. The van der Waals surface area contributed by atoms with Crippen LogP contribution in [-0.2, 0) is 0 Å². The molecule has 2 aromatic rings. The quantitative estimate of drug-likeness (QED) is 0.594. The summed E-state index contributed by atoms with van der Waals surface area (Å²) < 4.78 is 0. The van der Waals surface area contributed by atoms with Crippen molar-refractivity contribution in [2.75, 3.05) is 30.3 Å². The van der Waals surface area contributed by atoms with Crippen LogP contribution in [0.5, 0.6) is 0 Å². The van der Waals surface area contributed by atoms with E-state index in [2.05, 4.69) is 44.6 Å². The van der Waals surface area contributed by atoms with Gasteiger partial charge in [-0.05, 0) is 19.8 Å². The van der Waals surface area contributed by atoms with Crippen LogP contribution in [0.1, 0.15) is 33.6 Å². The lowest BCUT2D eigenvalue weighted by Gasteiger charge is -2.29. The number of nitrogens with zero attached hydrogens (tertiary/aromatic N) is 3. The van der Waals surface area contributed by atoms with Crippen LogP contribution in [0.3, 0.4) is 0 Å². The molecule has 7 nitrogen and oxygen atoms in total. The third kappa shape index (κ3) is 3.24. The Morgan fingerprint density at radius 2 is 1.95 bits per heavy atom. The van der Waals surface area contributed by atoms with E-state index in [4.69, 9.17) is 0 Å². The van der Waals surface area contributed by atoms with Crippen molar-refractivity contribution in [2.45, 2.75) is 33.6 Å². The molecule has 0 aliphatic rings. The topological polar surface area (TPSA) is 98.8 Å². The summed E-state index contributed by atoms with van der Waals surface area (Å²) in [7, 11) is 0. The second-order valence-electron chi connectivity index (χ2n) is 5.28. The number of nitrogens with one attached hydrogen (secondary N) is 3. The Labute approximate surface area is 124 Å². The van der Waals surface area contributed by atoms with Crippen molar-refractivity contribution >= 4 is 22.8 Å². The van der Waals surface area contributed by atoms with E-state index in [9.17, 15) is 5.11 Å². The Morgan fingerprint density at radius 3 is 2.57 bits per heavy atom. The van der Waals surface area contributed by atoms with Crippen LogP contribution in [0.2, 0.25) is 0 Å². The standard InChI is InChI=1S/C14H24N6O/c1-4-14(5-2,9-21)8-16-11-10-7-17-20-12(10)19-13(18-11)15-6-3/h7,21H,4-6,8-9H2,1-3H3,(H3,15,16,17,18,19,20). The van der Waals surface area contributed by atoms with Gasteiger partial charge in [0.2, 0.25) is 5.95 Å². The zero-order valence-electron chi connectivity index (χ0n) is 12.9.